The maximum Gasteiger partial charge on any atom is 0.252 e. The number of aromatic hydroxyl groups is 1. The monoisotopic (exact) mass is 434 g/mol. The van der Waals surface area contributed by atoms with Gasteiger partial charge in [-0.1, -0.05) is 48.1 Å². The number of hydrogen-bond acceptors (Lipinski definition) is 4. The van der Waals surface area contributed by atoms with Crippen LogP contribution < -0.4 is 5.32 Å². The van der Waals surface area contributed by atoms with Gasteiger partial charge >= 0.3 is 0 Å². The van der Waals surface area contributed by atoms with E-state index in [-0.39, 0.29) is 21.7 Å². The number of rotatable bonds is 6. The summed E-state index contributed by atoms with van der Waals surface area (Å²) in [4.78, 5) is 15.6. The largest absolute Gasteiger partial charge is 0.505 e. The van der Waals surface area contributed by atoms with Gasteiger partial charge in [-0.25, -0.2) is 0 Å². The Morgan fingerprint density at radius 2 is 1.96 bits per heavy atom. The molecule has 2 N–H and O–H groups in total. The van der Waals surface area contributed by atoms with Gasteiger partial charge in [-0.2, -0.15) is 12.6 Å². The lowest BCUT2D eigenvalue weighted by atomic mass is 10.0. The van der Waals surface area contributed by atoms with Crippen LogP contribution in [0.5, 0.6) is 5.75 Å². The number of aromatic nitrogens is 1. The molecule has 0 aliphatic carbocycles. The fourth-order valence-corrected chi connectivity index (χ4v) is 3.19. The number of nitrogens with one attached hydrogen (secondary N) is 1. The second kappa shape index (κ2) is 12.3. The molecule has 8 heteroatoms. The summed E-state index contributed by atoms with van der Waals surface area (Å²) in [5.41, 5.74) is 0.614. The van der Waals surface area contributed by atoms with E-state index < -0.39 is 0 Å². The second-order valence-corrected chi connectivity index (χ2v) is 7.15. The summed E-state index contributed by atoms with van der Waals surface area (Å²) in [5, 5.41) is 12.7. The van der Waals surface area contributed by atoms with E-state index in [0.29, 0.717) is 23.0 Å². The molecule has 1 unspecified atom stereocenters. The first-order valence-electron chi connectivity index (χ1n) is 8.01. The Balaban J connectivity index is 0.000000289. The van der Waals surface area contributed by atoms with E-state index in [2.05, 4.69) is 29.9 Å². The summed E-state index contributed by atoms with van der Waals surface area (Å²) in [6.45, 7) is 2.84. The number of nitrogens with zero attached hydrogens (tertiary/aromatic N) is 1. The van der Waals surface area contributed by atoms with Crippen molar-refractivity contribution in [1.29, 1.82) is 0 Å². The van der Waals surface area contributed by atoms with E-state index in [1.807, 2.05) is 0 Å². The summed E-state index contributed by atoms with van der Waals surface area (Å²) in [7, 11) is 0. The average molecular weight is 436 g/mol. The predicted molar refractivity (Wildman–Crippen MR) is 112 cm³/mol. The van der Waals surface area contributed by atoms with Crippen molar-refractivity contribution in [2.24, 2.45) is 5.92 Å². The van der Waals surface area contributed by atoms with E-state index in [1.54, 1.807) is 24.5 Å². The number of carbonyl (C=O) groups is 1. The number of halogens is 3. The summed E-state index contributed by atoms with van der Waals surface area (Å²) >= 11 is 20.7. The maximum atomic E-state index is 11.7. The lowest BCUT2D eigenvalue weighted by Gasteiger charge is -2.14. The predicted octanol–water partition coefficient (Wildman–Crippen LogP) is 5.51. The first-order chi connectivity index (χ1) is 12.4. The standard InChI is InChI=1S/C12H18N2OS.C6H3Cl3O/c1-2-10(5-7-16)8-14-12(15)11-4-3-6-13-9-11;7-3-1-4(8)6(10)5(9)2-3/h3-4,6,9-10,16H,2,5,7-8H2,1H3,(H,14,15);1-2,10H. The fourth-order valence-electron chi connectivity index (χ4n) is 2.00. The number of amides is 1. The van der Waals surface area contributed by atoms with Gasteiger partial charge in [0.1, 0.15) is 0 Å². The Bertz CT molecular complexity index is 679. The van der Waals surface area contributed by atoms with Crippen LogP contribution in [0.4, 0.5) is 0 Å². The molecular formula is C18H21Cl3N2O2S. The zero-order chi connectivity index (χ0) is 19.5. The summed E-state index contributed by atoms with van der Waals surface area (Å²) < 4.78 is 0. The molecule has 1 atom stereocenters. The smallest absolute Gasteiger partial charge is 0.252 e. The van der Waals surface area contributed by atoms with Gasteiger partial charge in [0, 0.05) is 24.0 Å². The highest BCUT2D eigenvalue weighted by Crippen LogP contribution is 2.34. The van der Waals surface area contributed by atoms with Crippen molar-refractivity contribution in [3.05, 3.63) is 57.3 Å². The van der Waals surface area contributed by atoms with Gasteiger partial charge in [0.15, 0.2) is 5.75 Å². The van der Waals surface area contributed by atoms with Crippen LogP contribution in [-0.2, 0) is 0 Å². The Morgan fingerprint density at radius 3 is 2.46 bits per heavy atom. The van der Waals surface area contributed by atoms with Crippen molar-refractivity contribution in [2.45, 2.75) is 19.8 Å². The molecule has 2 aromatic rings. The van der Waals surface area contributed by atoms with Crippen molar-refractivity contribution in [2.75, 3.05) is 12.3 Å². The van der Waals surface area contributed by atoms with Crippen LogP contribution in [0.2, 0.25) is 15.1 Å². The quantitative estimate of drug-likeness (QED) is 0.524. The molecule has 0 saturated carbocycles. The molecule has 142 valence electrons. The number of phenols is 1. The minimum atomic E-state index is -0.132. The van der Waals surface area contributed by atoms with E-state index in [1.165, 1.54) is 12.1 Å². The van der Waals surface area contributed by atoms with Gasteiger partial charge in [0.25, 0.3) is 5.91 Å². The normalized spacial score (nSPS) is 11.3. The number of phenolic OH excluding ortho intramolecular Hbond substituents is 1. The van der Waals surface area contributed by atoms with Gasteiger partial charge in [-0.05, 0) is 42.4 Å². The number of carbonyl (C=O) groups excluding carboxylic acids is 1. The van der Waals surface area contributed by atoms with Crippen LogP contribution in [-0.4, -0.2) is 28.3 Å². The Labute approximate surface area is 174 Å². The third kappa shape index (κ3) is 8.04. The molecule has 26 heavy (non-hydrogen) atoms. The SMILES string of the molecule is CCC(CCS)CNC(=O)c1cccnc1.Oc1c(Cl)cc(Cl)cc1Cl. The molecule has 0 radical (unpaired) electrons. The zero-order valence-electron chi connectivity index (χ0n) is 14.3. The molecule has 0 aliphatic rings. The molecule has 4 nitrogen and oxygen atoms in total. The van der Waals surface area contributed by atoms with Gasteiger partial charge < -0.3 is 10.4 Å². The van der Waals surface area contributed by atoms with Gasteiger partial charge in [0.2, 0.25) is 0 Å². The highest BCUT2D eigenvalue weighted by molar-refractivity contribution is 7.80. The summed E-state index contributed by atoms with van der Waals surface area (Å²) in [6, 6.07) is 6.37. The molecule has 0 fully saturated rings. The first-order valence-corrected chi connectivity index (χ1v) is 9.78. The van der Waals surface area contributed by atoms with Crippen LogP contribution in [0.1, 0.15) is 30.1 Å². The van der Waals surface area contributed by atoms with Crippen LogP contribution in [0, 0.1) is 5.92 Å². The van der Waals surface area contributed by atoms with Crippen LogP contribution in [0.15, 0.2) is 36.7 Å². The first kappa shape index (κ1) is 22.9. The van der Waals surface area contributed by atoms with Crippen LogP contribution in [0.25, 0.3) is 0 Å². The Hall–Kier alpha value is -1.14. The fraction of sp³-hybridized carbons (Fsp3) is 0.333. The topological polar surface area (TPSA) is 62.2 Å². The van der Waals surface area contributed by atoms with E-state index in [0.717, 1.165) is 18.6 Å². The molecule has 1 heterocycles. The lowest BCUT2D eigenvalue weighted by molar-refractivity contribution is 0.0946. The van der Waals surface area contributed by atoms with Crippen molar-refractivity contribution < 1.29 is 9.90 Å². The second-order valence-electron chi connectivity index (χ2n) is 5.46. The Kier molecular flexibility index (Phi) is 10.8. The van der Waals surface area contributed by atoms with Crippen molar-refractivity contribution in [1.82, 2.24) is 10.3 Å². The van der Waals surface area contributed by atoms with Crippen molar-refractivity contribution in [3.8, 4) is 5.75 Å². The molecule has 0 bridgehead atoms. The molecule has 1 aromatic carbocycles. The van der Waals surface area contributed by atoms with E-state index in [4.69, 9.17) is 39.9 Å². The number of hydrogen-bond donors (Lipinski definition) is 3. The van der Waals surface area contributed by atoms with E-state index in [9.17, 15) is 4.79 Å². The minimum absolute atomic E-state index is 0.0503. The Morgan fingerprint density at radius 1 is 1.31 bits per heavy atom. The van der Waals surface area contributed by atoms with Crippen LogP contribution in [0.3, 0.4) is 0 Å². The number of thiol groups is 1. The summed E-state index contributed by atoms with van der Waals surface area (Å²) in [5.74, 6) is 1.19. The number of pyridine rings is 1. The number of benzene rings is 1. The third-order valence-corrected chi connectivity index (χ3v) is 4.62. The molecule has 1 amide bonds. The van der Waals surface area contributed by atoms with Crippen molar-refractivity contribution >= 4 is 53.3 Å². The third-order valence-electron chi connectivity index (χ3n) is 3.57. The maximum absolute atomic E-state index is 11.7. The van der Waals surface area contributed by atoms with Gasteiger partial charge in [0.05, 0.1) is 15.6 Å². The van der Waals surface area contributed by atoms with E-state index >= 15 is 0 Å². The average Bonchev–Trinajstić information content (AvgIpc) is 2.64. The molecule has 2 rings (SSSR count). The summed E-state index contributed by atoms with van der Waals surface area (Å²) in [6.07, 6.45) is 5.34. The molecule has 0 spiro atoms. The highest BCUT2D eigenvalue weighted by Gasteiger charge is 2.09. The van der Waals surface area contributed by atoms with Crippen molar-refractivity contribution in [3.63, 3.8) is 0 Å². The minimum Gasteiger partial charge on any atom is -0.505 e. The molecular weight excluding hydrogens is 415 g/mol. The molecule has 0 aliphatic heterocycles. The molecule has 1 aromatic heterocycles. The highest BCUT2D eigenvalue weighted by atomic mass is 35.5. The molecule has 0 saturated heterocycles. The van der Waals surface area contributed by atoms with Gasteiger partial charge in [-0.3, -0.25) is 9.78 Å². The zero-order valence-corrected chi connectivity index (χ0v) is 17.4. The van der Waals surface area contributed by atoms with Gasteiger partial charge in [-0.15, -0.1) is 0 Å². The lowest BCUT2D eigenvalue weighted by Crippen LogP contribution is -2.29. The van der Waals surface area contributed by atoms with Crippen LogP contribution >= 0.6 is 47.4 Å².